The summed E-state index contributed by atoms with van der Waals surface area (Å²) in [6.45, 7) is 34.9. The first-order valence-corrected chi connectivity index (χ1v) is 49.5. The van der Waals surface area contributed by atoms with Gasteiger partial charge in [0.2, 0.25) is 41.5 Å². The molecule has 5 amide bonds. The normalized spacial score (nSPS) is 13.3. The predicted octanol–water partition coefficient (Wildman–Crippen LogP) is 13.3. The van der Waals surface area contributed by atoms with Gasteiger partial charge in [-0.1, -0.05) is 80.8 Å². The molecule has 3 saturated heterocycles. The fraction of sp³-hybridized carbons (Fsp3) is 0.337. The summed E-state index contributed by atoms with van der Waals surface area (Å²) in [6.07, 6.45) is 36.2. The van der Waals surface area contributed by atoms with Crippen molar-refractivity contribution in [2.45, 2.75) is 151 Å². The van der Waals surface area contributed by atoms with E-state index in [-0.39, 0.29) is 59.6 Å². The van der Waals surface area contributed by atoms with Crippen LogP contribution < -0.4 is 53.4 Å². The third-order valence-electron chi connectivity index (χ3n) is 21.6. The highest BCUT2D eigenvalue weighted by Crippen LogP contribution is 2.30. The first kappa shape index (κ1) is 112. The smallest absolute Gasteiger partial charge is 0.444 e. The van der Waals surface area contributed by atoms with E-state index in [4.69, 9.17) is 59.9 Å². The van der Waals surface area contributed by atoms with Crippen LogP contribution in [0.4, 0.5) is 67.9 Å². The van der Waals surface area contributed by atoms with Crippen LogP contribution in [0.15, 0.2) is 200 Å². The van der Waals surface area contributed by atoms with E-state index in [1.54, 1.807) is 161 Å². The number of hydrogen-bond acceptors (Lipinski definition) is 37. The first-order valence-electron chi connectivity index (χ1n) is 47.1. The zero-order valence-corrected chi connectivity index (χ0v) is 89.4. The monoisotopic (exact) mass is 2190 g/mol. The molecule has 3 fully saturated rings. The van der Waals surface area contributed by atoms with Crippen LogP contribution in [-0.2, 0) is 28.7 Å². The van der Waals surface area contributed by atoms with Crippen molar-refractivity contribution in [3.63, 3.8) is 0 Å². The lowest BCUT2D eigenvalue weighted by Crippen LogP contribution is -2.53. The summed E-state index contributed by atoms with van der Waals surface area (Å²) in [4.78, 5) is 167. The lowest BCUT2D eigenvalue weighted by Gasteiger charge is -2.35. The summed E-state index contributed by atoms with van der Waals surface area (Å²) in [5.74, 6) is 4.07. The van der Waals surface area contributed by atoms with Gasteiger partial charge in [-0.3, -0.25) is 28.6 Å². The third kappa shape index (κ3) is 32.0. The zero-order chi connectivity index (χ0) is 108. The van der Waals surface area contributed by atoms with Crippen LogP contribution in [-0.4, -0.2) is 261 Å². The Morgan fingerprint density at radius 2 is 0.819 bits per heavy atom. The van der Waals surface area contributed by atoms with E-state index < -0.39 is 30.5 Å². The second kappa shape index (κ2) is 51.7. The van der Waals surface area contributed by atoms with E-state index in [0.717, 1.165) is 74.2 Å². The van der Waals surface area contributed by atoms with Crippen LogP contribution in [0.5, 0.6) is 0 Å². The van der Waals surface area contributed by atoms with E-state index in [1.165, 1.54) is 34.0 Å². The largest absolute Gasteiger partial charge is 0.508 e. The number of amides is 5. The molecule has 0 aromatic carbocycles. The molecule has 16 aromatic heterocycles. The van der Waals surface area contributed by atoms with Crippen molar-refractivity contribution in [1.82, 2.24) is 137 Å². The second-order valence-corrected chi connectivity index (χ2v) is 39.4. The van der Waals surface area contributed by atoms with Crippen molar-refractivity contribution in [3.05, 3.63) is 228 Å². The number of anilines is 10. The molecule has 0 aliphatic carbocycles. The van der Waals surface area contributed by atoms with Gasteiger partial charge >= 0.3 is 19.3 Å². The average Bonchev–Trinajstić information content (AvgIpc) is 1.67. The molecule has 19 heterocycles. The molecule has 149 heavy (non-hydrogen) atoms. The number of nitrogens with one attached hydrogen (secondary N) is 3. The van der Waals surface area contributed by atoms with E-state index in [0.29, 0.717) is 136 Å². The molecule has 19 rings (SSSR count). The van der Waals surface area contributed by atoms with E-state index in [1.807, 2.05) is 94.8 Å². The van der Waals surface area contributed by atoms with Gasteiger partial charge in [-0.05, 0) is 164 Å². The number of pyridine rings is 3. The Labute approximate surface area is 885 Å². The minimum absolute atomic E-state index is 0.00244. The summed E-state index contributed by atoms with van der Waals surface area (Å²) in [6, 6.07) is 17.4. The molecular weight excluding hydrogens is 2080 g/mol. The molecule has 1 atom stereocenters. The van der Waals surface area contributed by atoms with Crippen LogP contribution in [0.3, 0.4) is 0 Å². The maximum atomic E-state index is 12.7. The molecule has 46 nitrogen and oxygen atoms in total. The number of imidazole rings is 4. The first-order chi connectivity index (χ1) is 70.9. The van der Waals surface area contributed by atoms with Gasteiger partial charge in [0.15, 0.2) is 22.6 Å². The number of piperazine rings is 3. The minimum Gasteiger partial charge on any atom is -0.444 e. The Hall–Kier alpha value is -15.6. The molecule has 0 spiro atoms. The van der Waals surface area contributed by atoms with Crippen LogP contribution >= 0.6 is 55.1 Å². The Balaban J connectivity index is 0.000000161. The summed E-state index contributed by atoms with van der Waals surface area (Å²) >= 11 is 17.6. The number of hydrogen-bond donors (Lipinski definition) is 8. The molecule has 0 saturated carbocycles. The number of aldehydes is 1. The lowest BCUT2D eigenvalue weighted by atomic mass is 9.86. The number of rotatable bonds is 17. The fourth-order valence-corrected chi connectivity index (χ4v) is 14.7. The highest BCUT2D eigenvalue weighted by molar-refractivity contribution is 9.10. The molecule has 0 radical (unpaired) electrons. The highest BCUT2D eigenvalue weighted by atomic mass is 79.9. The molecular formula is C98H115BBr2Cl2N36O10. The SMILES string of the molecule is CC(C)(C)OC(=O)N1CCN(c2ccc(Cl)nc2)C(=O)C1.CC(C)C(Cl)C=O.CC(C)c1cnc2cnc(-c3ccnc(N)n3)cn12.CC(C)c1cnc2cnc(-c3ccnc(Nc4ccc(N5CCN(C(=O)OC(C)(C)C)CC5=O)cn4)n3)cn12.CC(C)c1cnc2cnc(-c3ccnc(Nc4ccc(N5CCNCC5=O)cn4)n3)cn12.CC(C)c1cnc2cnc(Br)cn12.Nc1cnc(Br)cn1.Nc1nccc(B(O)O)n1. The number of carbonyl (C=O) groups excluding carboxylic acids is 6. The summed E-state index contributed by atoms with van der Waals surface area (Å²) < 4.78 is 20.3. The van der Waals surface area contributed by atoms with Crippen molar-refractivity contribution in [3.8, 4) is 34.2 Å². The Morgan fingerprint density at radius 3 is 1.15 bits per heavy atom. The van der Waals surface area contributed by atoms with Crippen molar-refractivity contribution in [2.24, 2.45) is 5.92 Å². The minimum atomic E-state index is -1.58. The Kier molecular flexibility index (Phi) is 38.9. The number of nitrogen functional groups attached to an aromatic ring is 3. The van der Waals surface area contributed by atoms with Gasteiger partial charge in [0, 0.05) is 136 Å². The van der Waals surface area contributed by atoms with Crippen LogP contribution in [0, 0.1) is 5.92 Å². The summed E-state index contributed by atoms with van der Waals surface area (Å²) in [7, 11) is -1.58. The number of aromatic nitrogens is 25. The van der Waals surface area contributed by atoms with Crippen molar-refractivity contribution >= 4 is 185 Å². The molecule has 16 aromatic rings. The molecule has 3 aliphatic rings. The number of nitrogens with zero attached hydrogens (tertiary/aromatic N) is 30. The second-order valence-electron chi connectivity index (χ2n) is 36.9. The van der Waals surface area contributed by atoms with Gasteiger partial charge in [-0.2, -0.15) is 0 Å². The lowest BCUT2D eigenvalue weighted by molar-refractivity contribution is -0.121. The zero-order valence-electron chi connectivity index (χ0n) is 84.7. The molecule has 1 unspecified atom stereocenters. The van der Waals surface area contributed by atoms with Crippen molar-refractivity contribution < 1.29 is 48.3 Å². The number of ether oxygens (including phenoxy) is 2. The van der Waals surface area contributed by atoms with Crippen LogP contribution in [0.2, 0.25) is 5.15 Å². The highest BCUT2D eigenvalue weighted by Gasteiger charge is 2.34. The molecule has 0 bridgehead atoms. The van der Waals surface area contributed by atoms with Gasteiger partial charge in [-0.25, -0.2) is 114 Å². The number of nitrogens with two attached hydrogens (primary N) is 3. The predicted molar refractivity (Wildman–Crippen MR) is 574 cm³/mol. The number of halogens is 4. The Morgan fingerprint density at radius 1 is 0.430 bits per heavy atom. The van der Waals surface area contributed by atoms with Gasteiger partial charge in [0.1, 0.15) is 79.5 Å². The van der Waals surface area contributed by atoms with Gasteiger partial charge in [0.05, 0.1) is 107 Å². The molecule has 11 N–H and O–H groups in total. The van der Waals surface area contributed by atoms with Crippen molar-refractivity contribution in [2.75, 3.05) is 101 Å². The Bertz CT molecular complexity index is 7220. The summed E-state index contributed by atoms with van der Waals surface area (Å²) in [5, 5.41) is 26.5. The van der Waals surface area contributed by atoms with E-state index >= 15 is 0 Å². The van der Waals surface area contributed by atoms with Crippen LogP contribution in [0.25, 0.3) is 56.8 Å². The number of carbonyl (C=O) groups is 6. The fourth-order valence-electron chi connectivity index (χ4n) is 14.1. The molecule has 3 aliphatic heterocycles. The quantitative estimate of drug-likeness (QED) is 0.0182. The molecule has 778 valence electrons. The number of fused-ring (bicyclic) bond motifs is 4. The van der Waals surface area contributed by atoms with Gasteiger partial charge in [-0.15, -0.1) is 11.6 Å². The standard InChI is InChI=1S/C27H31N9O3.C22H23N9O.C14H18ClN3O3.C13H14N6.C9H10BrN3.C5H9ClO.C4H6BN3O2.C4H4BrN3/c1-17(2)21-13-31-23-14-29-20(15-36(21)23)19-8-9-28-25(32-19)33-22-7-6-18(12-30-22)35-11-10-34(16-24(35)37)26(38)39-27(3,4)5;1-14(2)18-10-27-20-11-25-17(13-31(18)20)16-5-6-24-22(28-16)29-19-4-3-15(9-26-19)30-8-7-23-12-21(30)32;1-14(2,3)21-13(20)17-6-7-18(12(19)9-17)10-4-5-11(15)16-8-10;1-8(2)11-5-17-12-6-16-10(7-19(11)12)9-3-4-15-13(14)18-9;1-6(2)7-3-12-9-4-11-8(10)5-13(7)9;1-4(2)5(6)3-7;6-4-7-2-1-3(8-4)5(9)10;5-3-1-8-4(6)2-7-3/h6-9,12-15,17H,10-11,16H2,1-5H3,(H,28,30,32,33);3-6,9-11,13-14,23H,7-8,12H2,1-2H3,(H,24,26,28,29);4-5,8H,6-7,9H2,1-3H3;3-8H,1-2H3,(H2,14,15,18);3-6H,1-2H3;3-5H,1-2H3;1-2,9-10H,(H2,6,7,8);1-2H,(H2,6,8). The van der Waals surface area contributed by atoms with Gasteiger partial charge < -0.3 is 85.4 Å². The average molecular weight is 2200 g/mol. The maximum absolute atomic E-state index is 12.7. The summed E-state index contributed by atoms with van der Waals surface area (Å²) in [5.41, 5.74) is 29.1. The van der Waals surface area contributed by atoms with Gasteiger partial charge in [0.25, 0.3) is 0 Å². The topological polar surface area (TPSA) is 580 Å². The third-order valence-corrected chi connectivity index (χ3v) is 23.3. The van der Waals surface area contributed by atoms with Crippen molar-refractivity contribution in [1.29, 1.82) is 0 Å². The van der Waals surface area contributed by atoms with E-state index in [9.17, 15) is 28.8 Å². The maximum Gasteiger partial charge on any atom is 0.508 e. The van der Waals surface area contributed by atoms with E-state index in [2.05, 4.69) is 212 Å². The molecule has 51 heteroatoms. The number of alkyl halides is 1. The van der Waals surface area contributed by atoms with Crippen LogP contribution in [0.1, 0.15) is 157 Å².